The standard InChI is InChI=1S/C33H22FNO/c1-33(2)26-9-5-3-7-21(26)24-17-25-22-15-16-30-31(23-8-4-6-10-29(23)36-30)32(22)35(28(25)18-27(24)33)20-13-11-19(34)12-14-20/h3-18H,1-2H3. The van der Waals surface area contributed by atoms with Crippen molar-refractivity contribution >= 4 is 43.7 Å². The van der Waals surface area contributed by atoms with Crippen LogP contribution in [0, 0.1) is 5.82 Å². The molecule has 1 aliphatic rings. The van der Waals surface area contributed by atoms with E-state index in [0.29, 0.717) is 0 Å². The maximum absolute atomic E-state index is 14.0. The third-order valence-electron chi connectivity index (χ3n) is 8.06. The highest BCUT2D eigenvalue weighted by Crippen LogP contribution is 2.51. The van der Waals surface area contributed by atoms with E-state index in [4.69, 9.17) is 4.42 Å². The van der Waals surface area contributed by atoms with E-state index < -0.39 is 0 Å². The second-order valence-corrected chi connectivity index (χ2v) is 10.3. The number of benzene rings is 5. The minimum atomic E-state index is -0.240. The van der Waals surface area contributed by atoms with E-state index in [1.54, 1.807) is 0 Å². The lowest BCUT2D eigenvalue weighted by Gasteiger charge is -2.21. The van der Waals surface area contributed by atoms with Crippen molar-refractivity contribution in [3.63, 3.8) is 0 Å². The van der Waals surface area contributed by atoms with Gasteiger partial charge in [0.1, 0.15) is 17.0 Å². The highest BCUT2D eigenvalue weighted by molar-refractivity contribution is 6.25. The number of hydrogen-bond donors (Lipinski definition) is 0. The van der Waals surface area contributed by atoms with Crippen LogP contribution in [-0.2, 0) is 5.41 Å². The molecule has 1 aliphatic carbocycles. The predicted octanol–water partition coefficient (Wildman–Crippen LogP) is 9.13. The van der Waals surface area contributed by atoms with Gasteiger partial charge < -0.3 is 8.98 Å². The van der Waals surface area contributed by atoms with E-state index in [9.17, 15) is 4.39 Å². The predicted molar refractivity (Wildman–Crippen MR) is 146 cm³/mol. The summed E-state index contributed by atoms with van der Waals surface area (Å²) >= 11 is 0. The molecule has 0 amide bonds. The first-order valence-electron chi connectivity index (χ1n) is 12.3. The van der Waals surface area contributed by atoms with Crippen molar-refractivity contribution in [3.05, 3.63) is 114 Å². The van der Waals surface area contributed by atoms with Gasteiger partial charge in [0.2, 0.25) is 0 Å². The molecule has 0 aliphatic heterocycles. The number of furan rings is 1. The Bertz CT molecular complexity index is 2020. The van der Waals surface area contributed by atoms with Crippen LogP contribution in [0.1, 0.15) is 25.0 Å². The number of nitrogens with zero attached hydrogens (tertiary/aromatic N) is 1. The summed E-state index contributed by atoms with van der Waals surface area (Å²) in [5, 5.41) is 4.53. The third-order valence-corrected chi connectivity index (χ3v) is 8.06. The van der Waals surface area contributed by atoms with Gasteiger partial charge in [0.25, 0.3) is 0 Å². The molecule has 2 heterocycles. The van der Waals surface area contributed by atoms with Crippen molar-refractivity contribution < 1.29 is 8.81 Å². The fourth-order valence-corrected chi connectivity index (χ4v) is 6.36. The van der Waals surface area contributed by atoms with E-state index in [-0.39, 0.29) is 11.2 Å². The average molecular weight is 468 g/mol. The molecule has 2 aromatic heterocycles. The molecule has 5 aromatic carbocycles. The largest absolute Gasteiger partial charge is 0.456 e. The van der Waals surface area contributed by atoms with Gasteiger partial charge >= 0.3 is 0 Å². The van der Waals surface area contributed by atoms with E-state index in [1.807, 2.05) is 24.3 Å². The second kappa shape index (κ2) is 6.64. The van der Waals surface area contributed by atoms with Crippen molar-refractivity contribution in [1.29, 1.82) is 0 Å². The van der Waals surface area contributed by atoms with Crippen LogP contribution in [-0.4, -0.2) is 4.57 Å². The zero-order chi connectivity index (χ0) is 24.2. The minimum absolute atomic E-state index is 0.109. The van der Waals surface area contributed by atoms with Crippen LogP contribution in [0.25, 0.3) is 60.6 Å². The third kappa shape index (κ3) is 2.40. The fourth-order valence-electron chi connectivity index (χ4n) is 6.36. The van der Waals surface area contributed by atoms with Crippen LogP contribution < -0.4 is 0 Å². The summed E-state index contributed by atoms with van der Waals surface area (Å²) in [5.74, 6) is -0.240. The van der Waals surface area contributed by atoms with Crippen LogP contribution in [0.4, 0.5) is 4.39 Å². The Kier molecular flexibility index (Phi) is 3.67. The van der Waals surface area contributed by atoms with Gasteiger partial charge in [-0.3, -0.25) is 0 Å². The summed E-state index contributed by atoms with van der Waals surface area (Å²) in [6, 6.07) is 32.7. The Hall–Kier alpha value is -4.37. The Morgan fingerprint density at radius 1 is 0.667 bits per heavy atom. The highest BCUT2D eigenvalue weighted by Gasteiger charge is 2.36. The van der Waals surface area contributed by atoms with E-state index in [2.05, 4.69) is 79.1 Å². The summed E-state index contributed by atoms with van der Waals surface area (Å²) < 4.78 is 22.5. The number of hydrogen-bond acceptors (Lipinski definition) is 1. The summed E-state index contributed by atoms with van der Waals surface area (Å²) in [6.07, 6.45) is 0. The lowest BCUT2D eigenvalue weighted by molar-refractivity contribution is 0.627. The normalized spacial score (nSPS) is 14.2. The minimum Gasteiger partial charge on any atom is -0.456 e. The van der Waals surface area contributed by atoms with Crippen molar-refractivity contribution in [3.8, 4) is 16.8 Å². The van der Waals surface area contributed by atoms with Gasteiger partial charge in [-0.1, -0.05) is 56.3 Å². The van der Waals surface area contributed by atoms with Crippen LogP contribution in [0.5, 0.6) is 0 Å². The molecule has 0 radical (unpaired) electrons. The molecule has 0 fully saturated rings. The van der Waals surface area contributed by atoms with Crippen LogP contribution in [0.15, 0.2) is 101 Å². The first-order valence-corrected chi connectivity index (χ1v) is 12.3. The zero-order valence-electron chi connectivity index (χ0n) is 20.0. The van der Waals surface area contributed by atoms with Gasteiger partial charge in [-0.2, -0.15) is 0 Å². The van der Waals surface area contributed by atoms with Crippen molar-refractivity contribution in [1.82, 2.24) is 4.57 Å². The molecule has 36 heavy (non-hydrogen) atoms. The van der Waals surface area contributed by atoms with Gasteiger partial charge in [-0.25, -0.2) is 4.39 Å². The first-order chi connectivity index (χ1) is 17.5. The van der Waals surface area contributed by atoms with Crippen molar-refractivity contribution in [2.75, 3.05) is 0 Å². The van der Waals surface area contributed by atoms with Crippen molar-refractivity contribution in [2.45, 2.75) is 19.3 Å². The summed E-state index contributed by atoms with van der Waals surface area (Å²) in [6.45, 7) is 4.60. The maximum Gasteiger partial charge on any atom is 0.137 e. The average Bonchev–Trinajstić information content (AvgIpc) is 3.50. The molecule has 0 spiro atoms. The van der Waals surface area contributed by atoms with E-state index in [0.717, 1.165) is 38.7 Å². The van der Waals surface area contributed by atoms with Gasteiger partial charge in [-0.15, -0.1) is 0 Å². The topological polar surface area (TPSA) is 18.1 Å². The lowest BCUT2D eigenvalue weighted by Crippen LogP contribution is -2.14. The summed E-state index contributed by atoms with van der Waals surface area (Å²) in [5.41, 5.74) is 10.0. The number of halogens is 1. The highest BCUT2D eigenvalue weighted by atomic mass is 19.1. The van der Waals surface area contributed by atoms with Crippen molar-refractivity contribution in [2.24, 2.45) is 0 Å². The fraction of sp³-hybridized carbons (Fsp3) is 0.0909. The van der Waals surface area contributed by atoms with Gasteiger partial charge in [0.15, 0.2) is 0 Å². The second-order valence-electron chi connectivity index (χ2n) is 10.3. The monoisotopic (exact) mass is 467 g/mol. The molecule has 0 N–H and O–H groups in total. The van der Waals surface area contributed by atoms with E-state index >= 15 is 0 Å². The molecular weight excluding hydrogens is 445 g/mol. The molecular formula is C33H22FNO. The smallest absolute Gasteiger partial charge is 0.137 e. The molecule has 0 unspecified atom stereocenters. The molecule has 0 saturated heterocycles. The number of fused-ring (bicyclic) bond motifs is 10. The maximum atomic E-state index is 14.0. The van der Waals surface area contributed by atoms with Crippen LogP contribution >= 0.6 is 0 Å². The molecule has 172 valence electrons. The molecule has 7 aromatic rings. The SMILES string of the molecule is CC1(C)c2ccccc2-c2cc3c4ccc5oc6ccccc6c5c4n(-c4ccc(F)cc4)c3cc21. The molecule has 0 saturated carbocycles. The summed E-state index contributed by atoms with van der Waals surface area (Å²) in [7, 11) is 0. The molecule has 0 atom stereocenters. The quantitative estimate of drug-likeness (QED) is 0.235. The number of aromatic nitrogens is 1. The van der Waals surface area contributed by atoms with Gasteiger partial charge in [0, 0.05) is 27.3 Å². The van der Waals surface area contributed by atoms with Gasteiger partial charge in [-0.05, 0) is 76.9 Å². The van der Waals surface area contributed by atoms with Gasteiger partial charge in [0.05, 0.1) is 16.4 Å². The number of para-hydroxylation sites is 1. The van der Waals surface area contributed by atoms with Crippen LogP contribution in [0.2, 0.25) is 0 Å². The zero-order valence-corrected chi connectivity index (χ0v) is 20.0. The Balaban J connectivity index is 1.61. The Morgan fingerprint density at radius 3 is 2.31 bits per heavy atom. The van der Waals surface area contributed by atoms with Crippen LogP contribution in [0.3, 0.4) is 0 Å². The Morgan fingerprint density at radius 2 is 1.44 bits per heavy atom. The number of rotatable bonds is 1. The molecule has 3 heteroatoms. The van der Waals surface area contributed by atoms with E-state index in [1.165, 1.54) is 45.2 Å². The summed E-state index contributed by atoms with van der Waals surface area (Å²) in [4.78, 5) is 0. The Labute approximate surface area is 207 Å². The molecule has 2 nitrogen and oxygen atoms in total. The molecule has 8 rings (SSSR count). The first kappa shape index (κ1) is 19.9. The lowest BCUT2D eigenvalue weighted by atomic mass is 9.82. The molecule has 0 bridgehead atoms.